The average molecular weight is 188 g/mol. The maximum absolute atomic E-state index is 5.26. The van der Waals surface area contributed by atoms with Crippen molar-refractivity contribution in [3.05, 3.63) is 36.6 Å². The Kier molecular flexibility index (Phi) is 2.49. The van der Waals surface area contributed by atoms with Crippen LogP contribution in [0.1, 0.15) is 6.92 Å². The molecule has 2 aromatic heterocycles. The van der Waals surface area contributed by atoms with Crippen LogP contribution in [-0.2, 0) is 0 Å². The molecule has 3 nitrogen and oxygen atoms in total. The average Bonchev–Trinajstić information content (AvgIpc) is 2.71. The smallest absolute Gasteiger partial charge is 0.152 e. The maximum Gasteiger partial charge on any atom is 0.152 e. The molecule has 0 aliphatic carbocycles. The zero-order valence-electron chi connectivity index (χ0n) is 8.03. The van der Waals surface area contributed by atoms with Gasteiger partial charge in [-0.3, -0.25) is 0 Å². The Labute approximate surface area is 82.8 Å². The topological polar surface area (TPSA) is 38.1 Å². The first-order valence-electron chi connectivity index (χ1n) is 4.65. The molecule has 0 saturated heterocycles. The van der Waals surface area contributed by atoms with E-state index in [1.165, 1.54) is 0 Å². The van der Waals surface area contributed by atoms with Crippen molar-refractivity contribution < 1.29 is 4.42 Å². The number of hydrogen-bond donors (Lipinski definition) is 1. The van der Waals surface area contributed by atoms with Crippen LogP contribution in [0.5, 0.6) is 0 Å². The monoisotopic (exact) mass is 188 g/mol. The molecule has 0 fully saturated rings. The van der Waals surface area contributed by atoms with E-state index in [2.05, 4.69) is 10.3 Å². The molecule has 0 unspecified atom stereocenters. The lowest BCUT2D eigenvalue weighted by Gasteiger charge is -2.02. The van der Waals surface area contributed by atoms with Crippen LogP contribution >= 0.6 is 0 Å². The number of nitrogens with zero attached hydrogens (tertiary/aromatic N) is 1. The number of rotatable bonds is 3. The molecule has 0 radical (unpaired) electrons. The number of nitrogens with one attached hydrogen (secondary N) is 1. The Balaban J connectivity index is 2.31. The molecule has 0 atom stereocenters. The van der Waals surface area contributed by atoms with Crippen molar-refractivity contribution in [1.82, 2.24) is 4.98 Å². The predicted molar refractivity (Wildman–Crippen MR) is 56.1 cm³/mol. The highest BCUT2D eigenvalue weighted by molar-refractivity contribution is 5.55. The van der Waals surface area contributed by atoms with Gasteiger partial charge in [0.15, 0.2) is 5.76 Å². The third-order valence-electron chi connectivity index (χ3n) is 1.88. The Morgan fingerprint density at radius 1 is 1.29 bits per heavy atom. The largest absolute Gasteiger partial charge is 0.463 e. The second-order valence-electron chi connectivity index (χ2n) is 2.92. The molecule has 0 aliphatic heterocycles. The lowest BCUT2D eigenvalue weighted by Crippen LogP contribution is -1.99. The Morgan fingerprint density at radius 2 is 2.21 bits per heavy atom. The summed E-state index contributed by atoms with van der Waals surface area (Å²) in [7, 11) is 0. The van der Waals surface area contributed by atoms with Gasteiger partial charge in [0.2, 0.25) is 0 Å². The summed E-state index contributed by atoms with van der Waals surface area (Å²) in [5, 5.41) is 3.16. The van der Waals surface area contributed by atoms with Gasteiger partial charge in [-0.15, -0.1) is 0 Å². The third kappa shape index (κ3) is 1.76. The van der Waals surface area contributed by atoms with Crippen molar-refractivity contribution in [2.24, 2.45) is 0 Å². The Hall–Kier alpha value is -1.77. The predicted octanol–water partition coefficient (Wildman–Crippen LogP) is 2.77. The van der Waals surface area contributed by atoms with Crippen LogP contribution in [-0.4, -0.2) is 11.5 Å². The zero-order chi connectivity index (χ0) is 9.80. The summed E-state index contributed by atoms with van der Waals surface area (Å²) in [5.41, 5.74) is 0.855. The molecule has 2 rings (SSSR count). The molecule has 3 heteroatoms. The van der Waals surface area contributed by atoms with Crippen LogP contribution in [0, 0.1) is 0 Å². The summed E-state index contributed by atoms with van der Waals surface area (Å²) >= 11 is 0. The summed E-state index contributed by atoms with van der Waals surface area (Å²) in [5.74, 6) is 1.67. The fourth-order valence-electron chi connectivity index (χ4n) is 1.28. The van der Waals surface area contributed by atoms with Crippen molar-refractivity contribution in [2.45, 2.75) is 6.92 Å². The van der Waals surface area contributed by atoms with Crippen LogP contribution < -0.4 is 5.32 Å². The molecule has 2 aromatic rings. The van der Waals surface area contributed by atoms with Crippen molar-refractivity contribution in [3.8, 4) is 11.5 Å². The van der Waals surface area contributed by atoms with Gasteiger partial charge >= 0.3 is 0 Å². The summed E-state index contributed by atoms with van der Waals surface area (Å²) in [6, 6.07) is 9.59. The highest BCUT2D eigenvalue weighted by atomic mass is 16.3. The summed E-state index contributed by atoms with van der Waals surface area (Å²) in [6.45, 7) is 2.91. The van der Waals surface area contributed by atoms with Crippen LogP contribution in [0.25, 0.3) is 11.5 Å². The molecule has 14 heavy (non-hydrogen) atoms. The lowest BCUT2D eigenvalue weighted by molar-refractivity contribution is 0.580. The summed E-state index contributed by atoms with van der Waals surface area (Å²) in [6.07, 6.45) is 1.65. The van der Waals surface area contributed by atoms with E-state index in [-0.39, 0.29) is 0 Å². The minimum atomic E-state index is 0.796. The number of furan rings is 1. The van der Waals surface area contributed by atoms with Crippen LogP contribution in [0.15, 0.2) is 41.0 Å². The van der Waals surface area contributed by atoms with Gasteiger partial charge in [0.05, 0.1) is 6.26 Å². The molecular weight excluding hydrogens is 176 g/mol. The van der Waals surface area contributed by atoms with Gasteiger partial charge in [-0.1, -0.05) is 6.07 Å². The SMILES string of the molecule is CCNc1cccc(-c2ccco2)n1. The van der Waals surface area contributed by atoms with E-state index in [1.807, 2.05) is 37.3 Å². The minimum absolute atomic E-state index is 0.796. The molecule has 1 N–H and O–H groups in total. The minimum Gasteiger partial charge on any atom is -0.463 e. The fourth-order valence-corrected chi connectivity index (χ4v) is 1.28. The Morgan fingerprint density at radius 3 is 2.93 bits per heavy atom. The second-order valence-corrected chi connectivity index (χ2v) is 2.92. The van der Waals surface area contributed by atoms with Crippen molar-refractivity contribution in [1.29, 1.82) is 0 Å². The quantitative estimate of drug-likeness (QED) is 0.804. The van der Waals surface area contributed by atoms with Gasteiger partial charge in [-0.2, -0.15) is 0 Å². The van der Waals surface area contributed by atoms with Gasteiger partial charge in [0.25, 0.3) is 0 Å². The molecule has 0 aliphatic rings. The number of anilines is 1. The molecule has 0 spiro atoms. The van der Waals surface area contributed by atoms with E-state index in [9.17, 15) is 0 Å². The van der Waals surface area contributed by atoms with Crippen LogP contribution in [0.4, 0.5) is 5.82 Å². The molecule has 0 aromatic carbocycles. The Bertz CT molecular complexity index is 395. The normalized spacial score (nSPS) is 10.1. The van der Waals surface area contributed by atoms with Crippen LogP contribution in [0.2, 0.25) is 0 Å². The highest BCUT2D eigenvalue weighted by Crippen LogP contribution is 2.18. The molecule has 0 saturated carbocycles. The first kappa shape index (κ1) is 8.81. The molecule has 72 valence electrons. The highest BCUT2D eigenvalue weighted by Gasteiger charge is 2.01. The van der Waals surface area contributed by atoms with Gasteiger partial charge in [0.1, 0.15) is 11.5 Å². The standard InChI is InChI=1S/C11H12N2O/c1-2-12-11-7-3-5-9(13-11)10-6-4-8-14-10/h3-8H,2H2,1H3,(H,12,13). The number of hydrogen-bond acceptors (Lipinski definition) is 3. The summed E-state index contributed by atoms with van der Waals surface area (Å²) < 4.78 is 5.26. The fraction of sp³-hybridized carbons (Fsp3) is 0.182. The third-order valence-corrected chi connectivity index (χ3v) is 1.88. The van der Waals surface area contributed by atoms with Gasteiger partial charge in [0, 0.05) is 6.54 Å². The van der Waals surface area contributed by atoms with E-state index in [0.717, 1.165) is 23.8 Å². The van der Waals surface area contributed by atoms with Crippen molar-refractivity contribution in [3.63, 3.8) is 0 Å². The molecular formula is C11H12N2O. The zero-order valence-corrected chi connectivity index (χ0v) is 8.03. The van der Waals surface area contributed by atoms with Gasteiger partial charge < -0.3 is 9.73 Å². The van der Waals surface area contributed by atoms with E-state index in [0.29, 0.717) is 0 Å². The lowest BCUT2D eigenvalue weighted by atomic mass is 10.3. The maximum atomic E-state index is 5.26. The molecule has 0 bridgehead atoms. The van der Waals surface area contributed by atoms with Gasteiger partial charge in [-0.25, -0.2) is 4.98 Å². The van der Waals surface area contributed by atoms with E-state index in [1.54, 1.807) is 6.26 Å². The van der Waals surface area contributed by atoms with Crippen LogP contribution in [0.3, 0.4) is 0 Å². The summed E-state index contributed by atoms with van der Waals surface area (Å²) in [4.78, 5) is 4.40. The first-order valence-corrected chi connectivity index (χ1v) is 4.65. The molecule has 2 heterocycles. The van der Waals surface area contributed by atoms with E-state index < -0.39 is 0 Å². The number of pyridine rings is 1. The van der Waals surface area contributed by atoms with Crippen molar-refractivity contribution in [2.75, 3.05) is 11.9 Å². The van der Waals surface area contributed by atoms with Gasteiger partial charge in [-0.05, 0) is 31.2 Å². The molecule has 0 amide bonds. The first-order chi connectivity index (χ1) is 6.90. The van der Waals surface area contributed by atoms with E-state index >= 15 is 0 Å². The van der Waals surface area contributed by atoms with Crippen molar-refractivity contribution >= 4 is 5.82 Å². The second kappa shape index (κ2) is 3.96. The van der Waals surface area contributed by atoms with E-state index in [4.69, 9.17) is 4.42 Å². The number of aromatic nitrogens is 1.